The minimum absolute atomic E-state index is 0.154. The van der Waals surface area contributed by atoms with Gasteiger partial charge in [0.25, 0.3) is 0 Å². The molecule has 1 fully saturated rings. The zero-order chi connectivity index (χ0) is 15.6. The molecule has 3 nitrogen and oxygen atoms in total. The van der Waals surface area contributed by atoms with Gasteiger partial charge in [0.15, 0.2) is 0 Å². The average molecular weight is 300 g/mol. The Labute approximate surface area is 121 Å². The lowest BCUT2D eigenvalue weighted by atomic mass is 10.0. The molecule has 6 heteroatoms. The van der Waals surface area contributed by atoms with Gasteiger partial charge in [-0.1, -0.05) is 12.1 Å². The quantitative estimate of drug-likeness (QED) is 0.878. The van der Waals surface area contributed by atoms with Crippen LogP contribution in [0.2, 0.25) is 0 Å². The summed E-state index contributed by atoms with van der Waals surface area (Å²) in [7, 11) is 0. The molecule has 0 aromatic heterocycles. The zero-order valence-corrected chi connectivity index (χ0v) is 11.8. The van der Waals surface area contributed by atoms with Crippen LogP contribution in [0.4, 0.5) is 13.2 Å². The third kappa shape index (κ3) is 4.46. The van der Waals surface area contributed by atoms with Crippen LogP contribution in [0, 0.1) is 5.92 Å². The highest BCUT2D eigenvalue weighted by molar-refractivity contribution is 5.77. The molecule has 0 aliphatic heterocycles. The number of benzene rings is 1. The molecule has 1 amide bonds. The van der Waals surface area contributed by atoms with Gasteiger partial charge >= 0.3 is 6.18 Å². The van der Waals surface area contributed by atoms with Gasteiger partial charge in [-0.2, -0.15) is 13.2 Å². The maximum atomic E-state index is 12.7. The minimum atomic E-state index is -4.38. The summed E-state index contributed by atoms with van der Waals surface area (Å²) >= 11 is 0. The van der Waals surface area contributed by atoms with Crippen molar-refractivity contribution in [3.05, 3.63) is 35.4 Å². The van der Waals surface area contributed by atoms with Gasteiger partial charge in [-0.3, -0.25) is 4.79 Å². The summed E-state index contributed by atoms with van der Waals surface area (Å²) in [6.07, 6.45) is -2.06. The number of amides is 1. The van der Waals surface area contributed by atoms with E-state index >= 15 is 0 Å². The SMILES string of the molecule is CC(NC(=O)CC(N)C1CC1)c1cccc(C(F)(F)F)c1. The Hall–Kier alpha value is -1.56. The standard InChI is InChI=1S/C15H19F3N2O/c1-9(20-14(21)8-13(19)10-5-6-10)11-3-2-4-12(7-11)15(16,17)18/h2-4,7,9-10,13H,5-6,8,19H2,1H3,(H,20,21). The van der Waals surface area contributed by atoms with Crippen LogP contribution in [0.1, 0.15) is 43.4 Å². The molecular formula is C15H19F3N2O. The molecule has 1 saturated carbocycles. The monoisotopic (exact) mass is 300 g/mol. The van der Waals surface area contributed by atoms with Crippen LogP contribution in [0.5, 0.6) is 0 Å². The first-order valence-corrected chi connectivity index (χ1v) is 6.99. The Bertz CT molecular complexity index is 512. The summed E-state index contributed by atoms with van der Waals surface area (Å²) in [5.41, 5.74) is 5.58. The first-order valence-electron chi connectivity index (χ1n) is 6.99. The van der Waals surface area contributed by atoms with E-state index < -0.39 is 17.8 Å². The number of nitrogens with one attached hydrogen (secondary N) is 1. The van der Waals surface area contributed by atoms with E-state index in [9.17, 15) is 18.0 Å². The third-order valence-corrected chi connectivity index (χ3v) is 3.74. The number of carbonyl (C=O) groups is 1. The summed E-state index contributed by atoms with van der Waals surface area (Å²) in [6.45, 7) is 1.66. The Morgan fingerprint density at radius 2 is 2.10 bits per heavy atom. The maximum Gasteiger partial charge on any atom is 0.416 e. The van der Waals surface area contributed by atoms with E-state index in [0.717, 1.165) is 25.0 Å². The second kappa shape index (κ2) is 6.05. The van der Waals surface area contributed by atoms with Gasteiger partial charge in [0, 0.05) is 12.5 Å². The van der Waals surface area contributed by atoms with Gasteiger partial charge in [-0.25, -0.2) is 0 Å². The molecule has 2 unspecified atom stereocenters. The molecule has 0 saturated heterocycles. The van der Waals surface area contributed by atoms with Crippen molar-refractivity contribution in [3.8, 4) is 0 Å². The van der Waals surface area contributed by atoms with Crippen molar-refractivity contribution in [1.82, 2.24) is 5.32 Å². The molecule has 1 aromatic rings. The Morgan fingerprint density at radius 3 is 2.67 bits per heavy atom. The van der Waals surface area contributed by atoms with Gasteiger partial charge in [-0.05, 0) is 43.4 Å². The fourth-order valence-corrected chi connectivity index (χ4v) is 2.27. The lowest BCUT2D eigenvalue weighted by Gasteiger charge is -2.17. The van der Waals surface area contributed by atoms with Crippen molar-refractivity contribution in [2.45, 2.75) is 44.4 Å². The second-order valence-electron chi connectivity index (χ2n) is 5.62. The molecule has 1 aliphatic rings. The van der Waals surface area contributed by atoms with Gasteiger partial charge < -0.3 is 11.1 Å². The lowest BCUT2D eigenvalue weighted by molar-refractivity contribution is -0.137. The second-order valence-corrected chi connectivity index (χ2v) is 5.62. The average Bonchev–Trinajstić information content (AvgIpc) is 3.21. The topological polar surface area (TPSA) is 55.1 Å². The smallest absolute Gasteiger partial charge is 0.350 e. The lowest BCUT2D eigenvalue weighted by Crippen LogP contribution is -2.34. The van der Waals surface area contributed by atoms with E-state index in [1.165, 1.54) is 6.07 Å². The van der Waals surface area contributed by atoms with Crippen molar-refractivity contribution in [2.24, 2.45) is 11.7 Å². The van der Waals surface area contributed by atoms with Crippen LogP contribution in [0.3, 0.4) is 0 Å². The van der Waals surface area contributed by atoms with E-state index in [1.807, 2.05) is 0 Å². The number of carbonyl (C=O) groups excluding carboxylic acids is 1. The van der Waals surface area contributed by atoms with E-state index in [-0.39, 0.29) is 18.4 Å². The molecule has 0 spiro atoms. The number of alkyl halides is 3. The summed E-state index contributed by atoms with van der Waals surface area (Å²) in [6, 6.07) is 4.36. The highest BCUT2D eigenvalue weighted by Crippen LogP contribution is 2.33. The molecule has 0 bridgehead atoms. The van der Waals surface area contributed by atoms with Crippen LogP contribution in [-0.2, 0) is 11.0 Å². The molecule has 2 atom stereocenters. The van der Waals surface area contributed by atoms with E-state index in [1.54, 1.807) is 13.0 Å². The number of rotatable bonds is 5. The Kier molecular flexibility index (Phi) is 4.56. The fraction of sp³-hybridized carbons (Fsp3) is 0.533. The molecule has 0 heterocycles. The number of hydrogen-bond acceptors (Lipinski definition) is 2. The normalized spacial score (nSPS) is 18.1. The summed E-state index contributed by atoms with van der Waals surface area (Å²) in [4.78, 5) is 11.8. The minimum Gasteiger partial charge on any atom is -0.350 e. The first-order chi connectivity index (χ1) is 9.77. The van der Waals surface area contributed by atoms with E-state index in [0.29, 0.717) is 11.5 Å². The summed E-state index contributed by atoms with van der Waals surface area (Å²) in [5, 5.41) is 2.70. The number of nitrogens with two attached hydrogens (primary N) is 1. The predicted octanol–water partition coefficient (Wildman–Crippen LogP) is 3.01. The summed E-state index contributed by atoms with van der Waals surface area (Å²) in [5.74, 6) is 0.193. The Morgan fingerprint density at radius 1 is 1.43 bits per heavy atom. The van der Waals surface area contributed by atoms with E-state index in [2.05, 4.69) is 5.32 Å². The predicted molar refractivity (Wildman–Crippen MR) is 73.3 cm³/mol. The zero-order valence-electron chi connectivity index (χ0n) is 11.8. The molecule has 1 aromatic carbocycles. The van der Waals surface area contributed by atoms with Crippen molar-refractivity contribution < 1.29 is 18.0 Å². The van der Waals surface area contributed by atoms with Crippen LogP contribution in [-0.4, -0.2) is 11.9 Å². The van der Waals surface area contributed by atoms with Crippen LogP contribution < -0.4 is 11.1 Å². The van der Waals surface area contributed by atoms with Crippen molar-refractivity contribution >= 4 is 5.91 Å². The molecular weight excluding hydrogens is 281 g/mol. The fourth-order valence-electron chi connectivity index (χ4n) is 2.27. The van der Waals surface area contributed by atoms with Gasteiger partial charge in [0.2, 0.25) is 5.91 Å². The first kappa shape index (κ1) is 15.8. The largest absolute Gasteiger partial charge is 0.416 e. The van der Waals surface area contributed by atoms with Crippen LogP contribution in [0.25, 0.3) is 0 Å². The molecule has 0 radical (unpaired) electrons. The molecule has 2 rings (SSSR count). The highest BCUT2D eigenvalue weighted by atomic mass is 19.4. The van der Waals surface area contributed by atoms with E-state index in [4.69, 9.17) is 5.73 Å². The van der Waals surface area contributed by atoms with Crippen molar-refractivity contribution in [3.63, 3.8) is 0 Å². The molecule has 21 heavy (non-hydrogen) atoms. The summed E-state index contributed by atoms with van der Waals surface area (Å²) < 4.78 is 38.0. The van der Waals surface area contributed by atoms with Crippen LogP contribution in [0.15, 0.2) is 24.3 Å². The Balaban J connectivity index is 1.96. The molecule has 116 valence electrons. The third-order valence-electron chi connectivity index (χ3n) is 3.74. The molecule has 3 N–H and O–H groups in total. The van der Waals surface area contributed by atoms with Gasteiger partial charge in [-0.15, -0.1) is 0 Å². The highest BCUT2D eigenvalue weighted by Gasteiger charge is 2.31. The molecule has 1 aliphatic carbocycles. The number of halogens is 3. The maximum absolute atomic E-state index is 12.7. The number of hydrogen-bond donors (Lipinski definition) is 2. The van der Waals surface area contributed by atoms with Gasteiger partial charge in [0.05, 0.1) is 11.6 Å². The van der Waals surface area contributed by atoms with Crippen LogP contribution >= 0.6 is 0 Å². The van der Waals surface area contributed by atoms with Crippen molar-refractivity contribution in [2.75, 3.05) is 0 Å². The van der Waals surface area contributed by atoms with Gasteiger partial charge in [0.1, 0.15) is 0 Å². The van der Waals surface area contributed by atoms with Crippen molar-refractivity contribution in [1.29, 1.82) is 0 Å².